The lowest BCUT2D eigenvalue weighted by atomic mass is 9.83. The predicted molar refractivity (Wildman–Crippen MR) is 106 cm³/mol. The maximum atomic E-state index is 12.5. The lowest BCUT2D eigenvalue weighted by molar-refractivity contribution is -0.159. The van der Waals surface area contributed by atoms with Gasteiger partial charge in [0.15, 0.2) is 8.32 Å². The number of carbonyl (C=O) groups excluding carboxylic acids is 2. The average molecular weight is 371 g/mol. The molecular weight excluding hydrogens is 332 g/mol. The number of ether oxygens (including phenoxy) is 1. The molecule has 1 atom stereocenters. The van der Waals surface area contributed by atoms with E-state index in [0.717, 1.165) is 0 Å². The number of ketones is 1. The summed E-state index contributed by atoms with van der Waals surface area (Å²) in [5.41, 5.74) is -0.743. The quantitative estimate of drug-likeness (QED) is 0.282. The van der Waals surface area contributed by atoms with Gasteiger partial charge in [-0.3, -0.25) is 9.59 Å². The third-order valence-corrected chi connectivity index (χ3v) is 9.63. The first-order valence-corrected chi connectivity index (χ1v) is 12.2. The molecule has 5 heteroatoms. The van der Waals surface area contributed by atoms with Crippen molar-refractivity contribution in [3.63, 3.8) is 0 Å². The zero-order valence-corrected chi connectivity index (χ0v) is 18.5. The summed E-state index contributed by atoms with van der Waals surface area (Å²) in [6.07, 6.45) is 3.63. The highest BCUT2D eigenvalue weighted by atomic mass is 28.4. The molecule has 0 rings (SSSR count). The molecule has 0 saturated carbocycles. The van der Waals surface area contributed by atoms with Crippen LogP contribution in [0.5, 0.6) is 0 Å². The Morgan fingerprint density at radius 1 is 1.16 bits per heavy atom. The molecule has 25 heavy (non-hydrogen) atoms. The molecule has 0 radical (unpaired) electrons. The van der Waals surface area contributed by atoms with E-state index >= 15 is 0 Å². The smallest absolute Gasteiger partial charge is 0.314 e. The molecule has 0 amide bonds. The molecule has 0 unspecified atom stereocenters. The molecule has 0 aromatic carbocycles. The van der Waals surface area contributed by atoms with E-state index in [1.165, 1.54) is 0 Å². The van der Waals surface area contributed by atoms with Crippen molar-refractivity contribution >= 4 is 20.1 Å². The molecule has 0 saturated heterocycles. The summed E-state index contributed by atoms with van der Waals surface area (Å²) < 4.78 is 11.9. The van der Waals surface area contributed by atoms with Crippen LogP contribution in [-0.4, -0.2) is 32.8 Å². The van der Waals surface area contributed by atoms with Crippen LogP contribution in [-0.2, 0) is 18.8 Å². The maximum absolute atomic E-state index is 12.5. The molecular formula is C20H38O4Si. The zero-order chi connectivity index (χ0) is 19.9. The summed E-state index contributed by atoms with van der Waals surface area (Å²) in [5.74, 6) is -0.0638. The fourth-order valence-electron chi connectivity index (χ4n) is 2.30. The van der Waals surface area contributed by atoms with E-state index in [0.29, 0.717) is 32.3 Å². The van der Waals surface area contributed by atoms with E-state index in [2.05, 4.69) is 40.4 Å². The minimum atomic E-state index is -2.05. The molecule has 0 aliphatic heterocycles. The Hall–Kier alpha value is -0.943. The summed E-state index contributed by atoms with van der Waals surface area (Å²) in [4.78, 5) is 24.2. The molecule has 0 bridgehead atoms. The average Bonchev–Trinajstić information content (AvgIpc) is 2.45. The van der Waals surface area contributed by atoms with Crippen molar-refractivity contribution in [2.24, 2.45) is 5.41 Å². The Labute approximate surface area is 155 Å². The summed E-state index contributed by atoms with van der Waals surface area (Å²) in [7, 11) is -2.05. The molecule has 4 nitrogen and oxygen atoms in total. The highest BCUT2D eigenvalue weighted by Gasteiger charge is 2.45. The summed E-state index contributed by atoms with van der Waals surface area (Å²) in [6.45, 7) is 20.4. The van der Waals surface area contributed by atoms with Crippen LogP contribution in [0.2, 0.25) is 18.1 Å². The standard InChI is InChI=1S/C20H38O4Si/c1-10-13-16(21)14-12-15-17(20(6,7)18(22)23-11-2)24-25(8,9)19(3,4)5/h10,17H,1,11-15H2,2-9H3/t17-/m1/s1. The monoisotopic (exact) mass is 370 g/mol. The van der Waals surface area contributed by atoms with Crippen molar-refractivity contribution < 1.29 is 18.8 Å². The first kappa shape index (κ1) is 24.1. The van der Waals surface area contributed by atoms with Gasteiger partial charge in [-0.1, -0.05) is 26.8 Å². The van der Waals surface area contributed by atoms with Crippen molar-refractivity contribution in [1.82, 2.24) is 0 Å². The molecule has 0 aromatic rings. The van der Waals surface area contributed by atoms with Crippen molar-refractivity contribution in [2.75, 3.05) is 6.61 Å². The van der Waals surface area contributed by atoms with Gasteiger partial charge in [0, 0.05) is 12.8 Å². The van der Waals surface area contributed by atoms with Gasteiger partial charge in [-0.05, 0) is 51.7 Å². The second-order valence-electron chi connectivity index (χ2n) is 8.73. The van der Waals surface area contributed by atoms with E-state index in [1.54, 1.807) is 6.08 Å². The third-order valence-electron chi connectivity index (χ3n) is 5.14. The van der Waals surface area contributed by atoms with Crippen molar-refractivity contribution in [3.8, 4) is 0 Å². The normalized spacial score (nSPS) is 14.1. The highest BCUT2D eigenvalue weighted by molar-refractivity contribution is 6.74. The van der Waals surface area contributed by atoms with Gasteiger partial charge in [0.1, 0.15) is 5.78 Å². The van der Waals surface area contributed by atoms with Gasteiger partial charge in [-0.2, -0.15) is 0 Å². The first-order valence-electron chi connectivity index (χ1n) is 9.27. The van der Waals surface area contributed by atoms with Gasteiger partial charge >= 0.3 is 5.97 Å². The van der Waals surface area contributed by atoms with Crippen LogP contribution in [0.1, 0.15) is 67.2 Å². The second kappa shape index (κ2) is 9.67. The molecule has 0 spiro atoms. The number of hydrogen-bond donors (Lipinski definition) is 0. The number of rotatable bonds is 11. The Bertz CT molecular complexity index is 461. The lowest BCUT2D eigenvalue weighted by Gasteiger charge is -2.43. The van der Waals surface area contributed by atoms with Crippen LogP contribution in [0, 0.1) is 5.41 Å². The van der Waals surface area contributed by atoms with Crippen LogP contribution < -0.4 is 0 Å². The van der Waals surface area contributed by atoms with Crippen LogP contribution >= 0.6 is 0 Å². The van der Waals surface area contributed by atoms with Gasteiger partial charge in [0.2, 0.25) is 0 Å². The zero-order valence-electron chi connectivity index (χ0n) is 17.5. The fraction of sp³-hybridized carbons (Fsp3) is 0.800. The van der Waals surface area contributed by atoms with Crippen molar-refractivity contribution in [3.05, 3.63) is 12.7 Å². The van der Waals surface area contributed by atoms with Crippen molar-refractivity contribution in [2.45, 2.75) is 91.5 Å². The number of allylic oxidation sites excluding steroid dienone is 1. The van der Waals surface area contributed by atoms with E-state index in [1.807, 2.05) is 20.8 Å². The Morgan fingerprint density at radius 2 is 1.72 bits per heavy atom. The summed E-state index contributed by atoms with van der Waals surface area (Å²) in [6, 6.07) is 0. The molecule has 0 aromatic heterocycles. The second-order valence-corrected chi connectivity index (χ2v) is 13.5. The Kier molecular flexibility index (Phi) is 9.31. The first-order chi connectivity index (χ1) is 11.3. The summed E-state index contributed by atoms with van der Waals surface area (Å²) in [5, 5.41) is 0.0502. The fourth-order valence-corrected chi connectivity index (χ4v) is 3.77. The van der Waals surface area contributed by atoms with Gasteiger partial charge in [-0.25, -0.2) is 0 Å². The van der Waals surface area contributed by atoms with E-state index in [4.69, 9.17) is 9.16 Å². The van der Waals surface area contributed by atoms with E-state index in [-0.39, 0.29) is 22.9 Å². The molecule has 0 N–H and O–H groups in total. The van der Waals surface area contributed by atoms with Crippen LogP contribution in [0.4, 0.5) is 0 Å². The SMILES string of the molecule is C=CCC(=O)CCC[C@@H](O[Si](C)(C)C(C)(C)C)C(C)(C)C(=O)OCC. The minimum Gasteiger partial charge on any atom is -0.466 e. The summed E-state index contributed by atoms with van der Waals surface area (Å²) >= 11 is 0. The van der Waals surface area contributed by atoms with E-state index < -0.39 is 13.7 Å². The van der Waals surface area contributed by atoms with Gasteiger partial charge in [0.25, 0.3) is 0 Å². The van der Waals surface area contributed by atoms with Gasteiger partial charge < -0.3 is 9.16 Å². The minimum absolute atomic E-state index is 0.0502. The maximum Gasteiger partial charge on any atom is 0.314 e. The van der Waals surface area contributed by atoms with E-state index in [9.17, 15) is 9.59 Å². The number of carbonyl (C=O) groups is 2. The topological polar surface area (TPSA) is 52.6 Å². The largest absolute Gasteiger partial charge is 0.466 e. The molecule has 0 heterocycles. The Morgan fingerprint density at radius 3 is 2.16 bits per heavy atom. The number of hydrogen-bond acceptors (Lipinski definition) is 4. The third kappa shape index (κ3) is 7.44. The molecule has 146 valence electrons. The molecule has 0 aliphatic rings. The van der Waals surface area contributed by atoms with Gasteiger partial charge in [0.05, 0.1) is 18.1 Å². The van der Waals surface area contributed by atoms with Crippen LogP contribution in [0.3, 0.4) is 0 Å². The molecule has 0 aliphatic carbocycles. The number of esters is 1. The highest BCUT2D eigenvalue weighted by Crippen LogP contribution is 2.41. The van der Waals surface area contributed by atoms with Crippen LogP contribution in [0.25, 0.3) is 0 Å². The van der Waals surface area contributed by atoms with Crippen molar-refractivity contribution in [1.29, 1.82) is 0 Å². The Balaban J connectivity index is 5.27. The predicted octanol–water partition coefficient (Wildman–Crippen LogP) is 5.28. The van der Waals surface area contributed by atoms with Crippen LogP contribution in [0.15, 0.2) is 12.7 Å². The number of Topliss-reactive ketones (excluding diaryl/α,β-unsaturated/α-hetero) is 1. The lowest BCUT2D eigenvalue weighted by Crippen LogP contribution is -2.50. The van der Waals surface area contributed by atoms with Gasteiger partial charge in [-0.15, -0.1) is 6.58 Å². The molecule has 0 fully saturated rings.